The fourth-order valence-corrected chi connectivity index (χ4v) is 2.47. The first-order valence-corrected chi connectivity index (χ1v) is 8.28. The molecule has 2 aromatic rings. The Morgan fingerprint density at radius 1 is 1.20 bits per heavy atom. The SMILES string of the molecule is CC(C)(O)CCc1cccc(C(=O)NCC(O)c2ccccc2F)c1. The van der Waals surface area contributed by atoms with Crippen LogP contribution < -0.4 is 5.32 Å². The Morgan fingerprint density at radius 2 is 1.92 bits per heavy atom. The van der Waals surface area contributed by atoms with Crippen LogP contribution in [-0.2, 0) is 6.42 Å². The van der Waals surface area contributed by atoms with E-state index in [0.29, 0.717) is 18.4 Å². The summed E-state index contributed by atoms with van der Waals surface area (Å²) < 4.78 is 13.6. The minimum atomic E-state index is -1.11. The predicted octanol–water partition coefficient (Wildman–Crippen LogP) is 2.99. The number of hydrogen-bond donors (Lipinski definition) is 3. The van der Waals surface area contributed by atoms with Gasteiger partial charge in [-0.2, -0.15) is 0 Å². The van der Waals surface area contributed by atoms with E-state index in [1.807, 2.05) is 6.07 Å². The lowest BCUT2D eigenvalue weighted by molar-refractivity contribution is 0.0714. The Bertz CT molecular complexity index is 725. The van der Waals surface area contributed by atoms with E-state index in [9.17, 15) is 19.4 Å². The second kappa shape index (κ2) is 8.23. The van der Waals surface area contributed by atoms with Gasteiger partial charge in [-0.15, -0.1) is 0 Å². The van der Waals surface area contributed by atoms with Crippen molar-refractivity contribution in [2.24, 2.45) is 0 Å². The Kier molecular flexibility index (Phi) is 6.28. The molecule has 25 heavy (non-hydrogen) atoms. The summed E-state index contributed by atoms with van der Waals surface area (Å²) in [6.45, 7) is 3.41. The van der Waals surface area contributed by atoms with Gasteiger partial charge in [-0.05, 0) is 50.5 Å². The van der Waals surface area contributed by atoms with Crippen LogP contribution in [0.3, 0.4) is 0 Å². The fourth-order valence-electron chi connectivity index (χ4n) is 2.47. The molecule has 2 rings (SSSR count). The molecule has 0 spiro atoms. The minimum absolute atomic E-state index is 0.0757. The second-order valence-electron chi connectivity index (χ2n) is 6.76. The Labute approximate surface area is 147 Å². The van der Waals surface area contributed by atoms with Crippen LogP contribution in [0.1, 0.15) is 47.9 Å². The lowest BCUT2D eigenvalue weighted by Crippen LogP contribution is -2.28. The van der Waals surface area contributed by atoms with Crippen LogP contribution in [0.5, 0.6) is 0 Å². The maximum absolute atomic E-state index is 13.6. The van der Waals surface area contributed by atoms with Gasteiger partial charge >= 0.3 is 0 Å². The summed E-state index contributed by atoms with van der Waals surface area (Å²) in [5.74, 6) is -0.835. The van der Waals surface area contributed by atoms with Crippen molar-refractivity contribution in [1.29, 1.82) is 0 Å². The van der Waals surface area contributed by atoms with Crippen LogP contribution in [0, 0.1) is 5.82 Å². The normalized spacial score (nSPS) is 12.7. The van der Waals surface area contributed by atoms with Gasteiger partial charge in [0.1, 0.15) is 5.82 Å². The number of hydrogen-bond acceptors (Lipinski definition) is 3. The molecular formula is C20H24FNO3. The molecule has 1 atom stereocenters. The first kappa shape index (κ1) is 19.1. The zero-order chi connectivity index (χ0) is 18.4. The molecule has 5 heteroatoms. The van der Waals surface area contributed by atoms with Crippen molar-refractivity contribution in [3.63, 3.8) is 0 Å². The monoisotopic (exact) mass is 345 g/mol. The number of aryl methyl sites for hydroxylation is 1. The summed E-state index contributed by atoms with van der Waals surface area (Å²) >= 11 is 0. The number of aliphatic hydroxyl groups excluding tert-OH is 1. The zero-order valence-corrected chi connectivity index (χ0v) is 14.5. The van der Waals surface area contributed by atoms with Gasteiger partial charge in [-0.25, -0.2) is 4.39 Å². The van der Waals surface area contributed by atoms with Crippen LogP contribution in [0.4, 0.5) is 4.39 Å². The number of carbonyl (C=O) groups excluding carboxylic acids is 1. The third-order valence-corrected chi connectivity index (χ3v) is 3.93. The van der Waals surface area contributed by atoms with Gasteiger partial charge < -0.3 is 15.5 Å². The topological polar surface area (TPSA) is 69.6 Å². The lowest BCUT2D eigenvalue weighted by atomic mass is 9.98. The summed E-state index contributed by atoms with van der Waals surface area (Å²) in [7, 11) is 0. The van der Waals surface area contributed by atoms with Crippen molar-refractivity contribution < 1.29 is 19.4 Å². The zero-order valence-electron chi connectivity index (χ0n) is 14.5. The molecule has 4 nitrogen and oxygen atoms in total. The van der Waals surface area contributed by atoms with Gasteiger partial charge in [0, 0.05) is 17.7 Å². The van der Waals surface area contributed by atoms with E-state index in [2.05, 4.69) is 5.32 Å². The Balaban J connectivity index is 1.96. The molecule has 2 aromatic carbocycles. The summed E-state index contributed by atoms with van der Waals surface area (Å²) in [4.78, 5) is 12.3. The third kappa shape index (κ3) is 5.96. The van der Waals surface area contributed by atoms with E-state index in [0.717, 1.165) is 5.56 Å². The van der Waals surface area contributed by atoms with E-state index in [4.69, 9.17) is 0 Å². The molecule has 0 aliphatic rings. The molecule has 0 heterocycles. The molecular weight excluding hydrogens is 321 g/mol. The standard InChI is InChI=1S/C20H24FNO3/c1-20(2,25)11-10-14-6-5-7-15(12-14)19(24)22-13-18(23)16-8-3-4-9-17(16)21/h3-9,12,18,23,25H,10-11,13H2,1-2H3,(H,22,24). The van der Waals surface area contributed by atoms with Gasteiger partial charge in [0.15, 0.2) is 0 Å². The van der Waals surface area contributed by atoms with Crippen LogP contribution >= 0.6 is 0 Å². The van der Waals surface area contributed by atoms with Crippen molar-refractivity contribution in [3.05, 3.63) is 71.0 Å². The van der Waals surface area contributed by atoms with E-state index >= 15 is 0 Å². The Hall–Kier alpha value is -2.24. The number of benzene rings is 2. The number of halogens is 1. The molecule has 0 aliphatic carbocycles. The van der Waals surface area contributed by atoms with E-state index in [-0.39, 0.29) is 18.0 Å². The highest BCUT2D eigenvalue weighted by Crippen LogP contribution is 2.17. The largest absolute Gasteiger partial charge is 0.390 e. The molecule has 0 bridgehead atoms. The molecule has 0 aliphatic heterocycles. The number of nitrogens with one attached hydrogen (secondary N) is 1. The van der Waals surface area contributed by atoms with Crippen LogP contribution in [0.2, 0.25) is 0 Å². The third-order valence-electron chi connectivity index (χ3n) is 3.93. The van der Waals surface area contributed by atoms with Gasteiger partial charge in [0.2, 0.25) is 0 Å². The van der Waals surface area contributed by atoms with E-state index < -0.39 is 17.5 Å². The fraction of sp³-hybridized carbons (Fsp3) is 0.350. The number of carbonyl (C=O) groups is 1. The molecule has 0 saturated heterocycles. The van der Waals surface area contributed by atoms with Crippen molar-refractivity contribution in [1.82, 2.24) is 5.32 Å². The van der Waals surface area contributed by atoms with E-state index in [1.165, 1.54) is 12.1 Å². The molecule has 1 unspecified atom stereocenters. The Morgan fingerprint density at radius 3 is 2.60 bits per heavy atom. The maximum atomic E-state index is 13.6. The highest BCUT2D eigenvalue weighted by Gasteiger charge is 2.15. The highest BCUT2D eigenvalue weighted by atomic mass is 19.1. The van der Waals surface area contributed by atoms with Gasteiger partial charge in [0.05, 0.1) is 11.7 Å². The van der Waals surface area contributed by atoms with Crippen LogP contribution in [0.25, 0.3) is 0 Å². The van der Waals surface area contributed by atoms with Crippen molar-refractivity contribution in [2.45, 2.75) is 38.4 Å². The number of amides is 1. The molecule has 0 aromatic heterocycles. The van der Waals surface area contributed by atoms with Gasteiger partial charge in [0.25, 0.3) is 5.91 Å². The summed E-state index contributed by atoms with van der Waals surface area (Å²) in [5, 5.41) is 22.5. The van der Waals surface area contributed by atoms with Crippen molar-refractivity contribution in [2.75, 3.05) is 6.54 Å². The predicted molar refractivity (Wildman–Crippen MR) is 94.8 cm³/mol. The molecule has 0 saturated carbocycles. The van der Waals surface area contributed by atoms with Crippen molar-refractivity contribution in [3.8, 4) is 0 Å². The second-order valence-corrected chi connectivity index (χ2v) is 6.76. The number of aliphatic hydroxyl groups is 2. The first-order chi connectivity index (χ1) is 11.8. The van der Waals surface area contributed by atoms with Gasteiger partial charge in [-0.3, -0.25) is 4.79 Å². The quantitative estimate of drug-likeness (QED) is 0.722. The molecule has 0 radical (unpaired) electrons. The van der Waals surface area contributed by atoms with Crippen LogP contribution in [0.15, 0.2) is 48.5 Å². The average Bonchev–Trinajstić information content (AvgIpc) is 2.57. The van der Waals surface area contributed by atoms with Gasteiger partial charge in [-0.1, -0.05) is 30.3 Å². The molecule has 1 amide bonds. The summed E-state index contributed by atoms with van der Waals surface area (Å²) in [6, 6.07) is 13.1. The van der Waals surface area contributed by atoms with E-state index in [1.54, 1.807) is 44.2 Å². The smallest absolute Gasteiger partial charge is 0.251 e. The average molecular weight is 345 g/mol. The molecule has 0 fully saturated rings. The molecule has 3 N–H and O–H groups in total. The number of rotatable bonds is 7. The first-order valence-electron chi connectivity index (χ1n) is 8.28. The summed E-state index contributed by atoms with van der Waals surface area (Å²) in [5.41, 5.74) is 0.808. The maximum Gasteiger partial charge on any atom is 0.251 e. The van der Waals surface area contributed by atoms with Crippen molar-refractivity contribution >= 4 is 5.91 Å². The lowest BCUT2D eigenvalue weighted by Gasteiger charge is -2.17. The molecule has 134 valence electrons. The van der Waals surface area contributed by atoms with Crippen LogP contribution in [-0.4, -0.2) is 28.3 Å². The summed E-state index contributed by atoms with van der Waals surface area (Å²) in [6.07, 6.45) is 0.135. The highest BCUT2D eigenvalue weighted by molar-refractivity contribution is 5.94. The minimum Gasteiger partial charge on any atom is -0.390 e.